The third kappa shape index (κ3) is 0.736. The summed E-state index contributed by atoms with van der Waals surface area (Å²) in [6.45, 7) is 1.42. The van der Waals surface area contributed by atoms with Crippen LogP contribution in [0.1, 0.15) is 6.42 Å². The molecule has 3 heteroatoms. The molecular weight excluding hydrogens is 132 g/mol. The lowest BCUT2D eigenvalue weighted by Crippen LogP contribution is -2.07. The van der Waals surface area contributed by atoms with E-state index in [1.807, 2.05) is 0 Å². The van der Waals surface area contributed by atoms with Gasteiger partial charge >= 0.3 is 5.97 Å². The summed E-state index contributed by atoms with van der Waals surface area (Å²) in [7, 11) is 0. The Kier molecular flexibility index (Phi) is 1.20. The van der Waals surface area contributed by atoms with E-state index in [-0.39, 0.29) is 5.92 Å². The summed E-state index contributed by atoms with van der Waals surface area (Å²) in [6, 6.07) is 0. The molecule has 0 amide bonds. The van der Waals surface area contributed by atoms with E-state index in [9.17, 15) is 4.79 Å². The van der Waals surface area contributed by atoms with Crippen LogP contribution < -0.4 is 0 Å². The van der Waals surface area contributed by atoms with Crippen LogP contribution in [-0.2, 0) is 9.53 Å². The molecule has 2 aliphatic rings. The number of hydrogen-bond acceptors (Lipinski definition) is 2. The van der Waals surface area contributed by atoms with E-state index in [0.29, 0.717) is 18.4 Å². The van der Waals surface area contributed by atoms with Gasteiger partial charge in [-0.05, 0) is 18.3 Å². The summed E-state index contributed by atoms with van der Waals surface area (Å²) in [5.41, 5.74) is 0. The molecule has 0 bridgehead atoms. The molecule has 1 unspecified atom stereocenters. The minimum Gasteiger partial charge on any atom is -0.481 e. The number of carboxylic acids is 1. The Labute approximate surface area is 59.0 Å². The zero-order chi connectivity index (χ0) is 7.14. The normalized spacial score (nSPS) is 44.2. The van der Waals surface area contributed by atoms with Crippen molar-refractivity contribution in [3.05, 3.63) is 0 Å². The van der Waals surface area contributed by atoms with E-state index >= 15 is 0 Å². The highest BCUT2D eigenvalue weighted by Crippen LogP contribution is 2.50. The van der Waals surface area contributed by atoms with Crippen molar-refractivity contribution < 1.29 is 14.6 Å². The van der Waals surface area contributed by atoms with Crippen LogP contribution >= 0.6 is 0 Å². The van der Waals surface area contributed by atoms with Gasteiger partial charge in [0.2, 0.25) is 0 Å². The zero-order valence-electron chi connectivity index (χ0n) is 5.62. The Morgan fingerprint density at radius 1 is 1.50 bits per heavy atom. The fourth-order valence-electron chi connectivity index (χ4n) is 1.87. The van der Waals surface area contributed by atoms with E-state index in [2.05, 4.69) is 0 Å². The van der Waals surface area contributed by atoms with Gasteiger partial charge in [-0.1, -0.05) is 0 Å². The smallest absolute Gasteiger partial charge is 0.307 e. The quantitative estimate of drug-likeness (QED) is 0.574. The molecular formula is C7H10O3. The summed E-state index contributed by atoms with van der Waals surface area (Å²) >= 11 is 0. The Morgan fingerprint density at radius 3 is 2.80 bits per heavy atom. The Balaban J connectivity index is 1.99. The molecule has 0 aromatic carbocycles. The molecule has 1 aliphatic heterocycles. The van der Waals surface area contributed by atoms with Crippen LogP contribution in [-0.4, -0.2) is 24.3 Å². The largest absolute Gasteiger partial charge is 0.481 e. The molecule has 0 spiro atoms. The topological polar surface area (TPSA) is 46.5 Å². The highest BCUT2D eigenvalue weighted by atomic mass is 16.5. The van der Waals surface area contributed by atoms with E-state index in [0.717, 1.165) is 13.0 Å². The van der Waals surface area contributed by atoms with Crippen LogP contribution in [0.2, 0.25) is 0 Å². The highest BCUT2D eigenvalue weighted by Gasteiger charge is 2.55. The van der Waals surface area contributed by atoms with Gasteiger partial charge in [-0.2, -0.15) is 0 Å². The van der Waals surface area contributed by atoms with Gasteiger partial charge < -0.3 is 9.84 Å². The number of rotatable bonds is 1. The first-order chi connectivity index (χ1) is 4.80. The molecule has 0 aromatic rings. The second-order valence-electron chi connectivity index (χ2n) is 3.06. The average Bonchev–Trinajstić information content (AvgIpc) is 2.60. The lowest BCUT2D eigenvalue weighted by Gasteiger charge is -2.07. The monoisotopic (exact) mass is 142 g/mol. The minimum atomic E-state index is -0.638. The van der Waals surface area contributed by atoms with Crippen LogP contribution in [0, 0.1) is 17.8 Å². The molecule has 1 N–H and O–H groups in total. The summed E-state index contributed by atoms with van der Waals surface area (Å²) in [4.78, 5) is 10.5. The summed E-state index contributed by atoms with van der Waals surface area (Å²) in [5.74, 6) is 0.0560. The number of carboxylic acid groups (broad SMARTS) is 1. The first kappa shape index (κ1) is 6.16. The van der Waals surface area contributed by atoms with E-state index in [1.54, 1.807) is 0 Å². The molecule has 0 radical (unpaired) electrons. The van der Waals surface area contributed by atoms with Crippen LogP contribution in [0.4, 0.5) is 0 Å². The van der Waals surface area contributed by atoms with Gasteiger partial charge in [-0.3, -0.25) is 4.79 Å². The van der Waals surface area contributed by atoms with Gasteiger partial charge in [0, 0.05) is 6.61 Å². The van der Waals surface area contributed by atoms with E-state index in [1.165, 1.54) is 0 Å². The standard InChI is InChI=1S/C7H10O3/c8-7(9)6-4-1-2-10-3-5(4)6/h4-6H,1-3H2,(H,8,9)/t4-,5-,6?/m0/s1. The number of carbonyl (C=O) groups is 1. The van der Waals surface area contributed by atoms with Crippen molar-refractivity contribution in [2.24, 2.45) is 17.8 Å². The Morgan fingerprint density at radius 2 is 2.30 bits per heavy atom. The van der Waals surface area contributed by atoms with Crippen molar-refractivity contribution >= 4 is 5.97 Å². The molecule has 3 atom stereocenters. The number of fused-ring (bicyclic) bond motifs is 1. The van der Waals surface area contributed by atoms with Crippen molar-refractivity contribution in [2.75, 3.05) is 13.2 Å². The maximum absolute atomic E-state index is 10.5. The van der Waals surface area contributed by atoms with Crippen LogP contribution in [0.3, 0.4) is 0 Å². The SMILES string of the molecule is O=C(O)C1[C@H]2CCOC[C@H]12. The summed E-state index contributed by atoms with van der Waals surface area (Å²) in [5, 5.41) is 8.63. The highest BCUT2D eigenvalue weighted by molar-refractivity contribution is 5.74. The molecule has 1 saturated heterocycles. The molecule has 1 aliphatic carbocycles. The lowest BCUT2D eigenvalue weighted by molar-refractivity contribution is -0.139. The van der Waals surface area contributed by atoms with Gasteiger partial charge in [-0.15, -0.1) is 0 Å². The van der Waals surface area contributed by atoms with Crippen LogP contribution in [0.15, 0.2) is 0 Å². The molecule has 2 fully saturated rings. The second kappa shape index (κ2) is 1.95. The third-order valence-corrected chi connectivity index (χ3v) is 2.52. The second-order valence-corrected chi connectivity index (χ2v) is 3.06. The van der Waals surface area contributed by atoms with Gasteiger partial charge in [0.25, 0.3) is 0 Å². The van der Waals surface area contributed by atoms with Gasteiger partial charge in [0.15, 0.2) is 0 Å². The van der Waals surface area contributed by atoms with Crippen molar-refractivity contribution in [1.29, 1.82) is 0 Å². The van der Waals surface area contributed by atoms with E-state index < -0.39 is 5.97 Å². The van der Waals surface area contributed by atoms with Gasteiger partial charge in [-0.25, -0.2) is 0 Å². The maximum Gasteiger partial charge on any atom is 0.307 e. The number of hydrogen-bond donors (Lipinski definition) is 1. The van der Waals surface area contributed by atoms with Crippen molar-refractivity contribution in [3.63, 3.8) is 0 Å². The van der Waals surface area contributed by atoms with Crippen LogP contribution in [0.25, 0.3) is 0 Å². The molecule has 10 heavy (non-hydrogen) atoms. The summed E-state index contributed by atoms with van der Waals surface area (Å²) in [6.07, 6.45) is 0.946. The van der Waals surface area contributed by atoms with Gasteiger partial charge in [0.05, 0.1) is 12.5 Å². The van der Waals surface area contributed by atoms with Crippen molar-refractivity contribution in [1.82, 2.24) is 0 Å². The molecule has 3 nitrogen and oxygen atoms in total. The summed E-state index contributed by atoms with van der Waals surface area (Å²) < 4.78 is 5.14. The number of ether oxygens (including phenoxy) is 1. The number of aliphatic carboxylic acids is 1. The maximum atomic E-state index is 10.5. The zero-order valence-corrected chi connectivity index (χ0v) is 5.62. The first-order valence-corrected chi connectivity index (χ1v) is 3.61. The predicted octanol–water partition coefficient (Wildman–Crippen LogP) is 0.354. The third-order valence-electron chi connectivity index (χ3n) is 2.52. The average molecular weight is 142 g/mol. The fourth-order valence-corrected chi connectivity index (χ4v) is 1.87. The van der Waals surface area contributed by atoms with E-state index in [4.69, 9.17) is 9.84 Å². The van der Waals surface area contributed by atoms with Crippen LogP contribution in [0.5, 0.6) is 0 Å². The van der Waals surface area contributed by atoms with Crippen molar-refractivity contribution in [2.45, 2.75) is 6.42 Å². The Hall–Kier alpha value is -0.570. The Bertz CT molecular complexity index is 154. The molecule has 2 rings (SSSR count). The first-order valence-electron chi connectivity index (χ1n) is 3.61. The molecule has 1 saturated carbocycles. The van der Waals surface area contributed by atoms with Gasteiger partial charge in [0.1, 0.15) is 0 Å². The molecule has 0 aromatic heterocycles. The lowest BCUT2D eigenvalue weighted by atomic mass is 10.2. The fraction of sp³-hybridized carbons (Fsp3) is 0.857. The molecule has 56 valence electrons. The molecule has 1 heterocycles. The van der Waals surface area contributed by atoms with Crippen molar-refractivity contribution in [3.8, 4) is 0 Å². The minimum absolute atomic E-state index is 0.0810. The predicted molar refractivity (Wildman–Crippen MR) is 33.5 cm³/mol.